The number of anilines is 1. The van der Waals surface area contributed by atoms with Gasteiger partial charge in [0.05, 0.1) is 17.1 Å². The van der Waals surface area contributed by atoms with Crippen molar-refractivity contribution in [2.24, 2.45) is 5.92 Å². The summed E-state index contributed by atoms with van der Waals surface area (Å²) < 4.78 is 13.1. The number of aliphatic hydroxyl groups is 1. The molecule has 5 nitrogen and oxygen atoms in total. The first-order chi connectivity index (χ1) is 7.90. The maximum Gasteiger partial charge on any atom is 0.274 e. The van der Waals surface area contributed by atoms with Gasteiger partial charge in [0.15, 0.2) is 0 Å². The van der Waals surface area contributed by atoms with Crippen molar-refractivity contribution in [2.45, 2.75) is 20.0 Å². The molecule has 1 atom stereocenters. The molecular formula is C11H15FN2O3. The molecule has 0 aromatic heterocycles. The van der Waals surface area contributed by atoms with Crippen LogP contribution in [0.5, 0.6) is 0 Å². The van der Waals surface area contributed by atoms with Crippen LogP contribution < -0.4 is 5.32 Å². The minimum atomic E-state index is -0.680. The minimum Gasteiger partial charge on any atom is -0.391 e. The third-order valence-corrected chi connectivity index (χ3v) is 2.38. The summed E-state index contributed by atoms with van der Waals surface area (Å²) in [6.07, 6.45) is -0.586. The van der Waals surface area contributed by atoms with Crippen molar-refractivity contribution >= 4 is 11.4 Å². The summed E-state index contributed by atoms with van der Waals surface area (Å²) in [4.78, 5) is 9.85. The Hall–Kier alpha value is -1.69. The van der Waals surface area contributed by atoms with Gasteiger partial charge in [-0.3, -0.25) is 10.1 Å². The van der Waals surface area contributed by atoms with Gasteiger partial charge in [-0.15, -0.1) is 0 Å². The summed E-state index contributed by atoms with van der Waals surface area (Å²) in [5.41, 5.74) is -0.0251. The molecule has 1 rings (SSSR count). The van der Waals surface area contributed by atoms with E-state index in [1.54, 1.807) is 0 Å². The Morgan fingerprint density at radius 1 is 1.47 bits per heavy atom. The number of non-ortho nitro benzene ring substituents is 1. The van der Waals surface area contributed by atoms with E-state index >= 15 is 0 Å². The number of benzene rings is 1. The summed E-state index contributed by atoms with van der Waals surface area (Å²) in [5.74, 6) is -0.619. The summed E-state index contributed by atoms with van der Waals surface area (Å²) in [6.45, 7) is 3.92. The van der Waals surface area contributed by atoms with Gasteiger partial charge in [0.25, 0.3) is 5.69 Å². The Labute approximate surface area is 98.4 Å². The SMILES string of the molecule is CC(C)C(O)CNc1cc(F)cc([N+](=O)[O-])c1. The highest BCUT2D eigenvalue weighted by Crippen LogP contribution is 2.20. The molecule has 0 aliphatic heterocycles. The molecule has 0 spiro atoms. The van der Waals surface area contributed by atoms with Crippen LogP contribution in [-0.2, 0) is 0 Å². The lowest BCUT2D eigenvalue weighted by atomic mass is 10.1. The summed E-state index contributed by atoms with van der Waals surface area (Å²) in [6, 6.07) is 3.24. The Morgan fingerprint density at radius 2 is 2.12 bits per heavy atom. The van der Waals surface area contributed by atoms with Crippen LogP contribution in [0.1, 0.15) is 13.8 Å². The van der Waals surface area contributed by atoms with Crippen LogP contribution >= 0.6 is 0 Å². The number of nitro groups is 1. The Balaban J connectivity index is 2.74. The Bertz CT molecular complexity index is 410. The molecule has 0 fully saturated rings. The molecule has 0 aliphatic rings. The number of nitrogens with one attached hydrogen (secondary N) is 1. The van der Waals surface area contributed by atoms with E-state index in [1.165, 1.54) is 6.07 Å². The molecule has 0 heterocycles. The van der Waals surface area contributed by atoms with E-state index in [4.69, 9.17) is 0 Å². The van der Waals surface area contributed by atoms with Crippen LogP contribution in [0.15, 0.2) is 18.2 Å². The Kier molecular flexibility index (Phi) is 4.39. The quantitative estimate of drug-likeness (QED) is 0.612. The number of halogens is 1. The van der Waals surface area contributed by atoms with Gasteiger partial charge in [0.2, 0.25) is 0 Å². The maximum absolute atomic E-state index is 13.1. The van der Waals surface area contributed by atoms with Crippen LogP contribution in [0.4, 0.5) is 15.8 Å². The second-order valence-electron chi connectivity index (χ2n) is 4.15. The molecule has 0 aliphatic carbocycles. The van der Waals surface area contributed by atoms with Crippen molar-refractivity contribution in [3.63, 3.8) is 0 Å². The molecular weight excluding hydrogens is 227 g/mol. The molecule has 17 heavy (non-hydrogen) atoms. The molecule has 2 N–H and O–H groups in total. The average Bonchev–Trinajstić information content (AvgIpc) is 2.24. The monoisotopic (exact) mass is 242 g/mol. The van der Waals surface area contributed by atoms with Crippen LogP contribution in [-0.4, -0.2) is 22.7 Å². The van der Waals surface area contributed by atoms with Gasteiger partial charge in [0.1, 0.15) is 5.82 Å². The van der Waals surface area contributed by atoms with Gasteiger partial charge >= 0.3 is 0 Å². The Morgan fingerprint density at radius 3 is 2.65 bits per heavy atom. The van der Waals surface area contributed by atoms with Gasteiger partial charge in [-0.05, 0) is 12.0 Å². The zero-order valence-electron chi connectivity index (χ0n) is 9.68. The first-order valence-corrected chi connectivity index (χ1v) is 5.27. The second-order valence-corrected chi connectivity index (χ2v) is 4.15. The lowest BCUT2D eigenvalue weighted by Crippen LogP contribution is -2.24. The lowest BCUT2D eigenvalue weighted by molar-refractivity contribution is -0.385. The van der Waals surface area contributed by atoms with Crippen molar-refractivity contribution in [3.8, 4) is 0 Å². The molecule has 6 heteroatoms. The summed E-state index contributed by atoms with van der Waals surface area (Å²) in [7, 11) is 0. The third kappa shape index (κ3) is 3.99. The van der Waals surface area contributed by atoms with Crippen molar-refractivity contribution in [1.29, 1.82) is 0 Å². The van der Waals surface area contributed by atoms with Gasteiger partial charge in [-0.1, -0.05) is 13.8 Å². The topological polar surface area (TPSA) is 75.4 Å². The highest BCUT2D eigenvalue weighted by Gasteiger charge is 2.12. The number of hydrogen-bond acceptors (Lipinski definition) is 4. The van der Waals surface area contributed by atoms with Gasteiger partial charge in [-0.25, -0.2) is 4.39 Å². The van der Waals surface area contributed by atoms with E-state index in [1.807, 2.05) is 13.8 Å². The molecule has 1 aromatic rings. The molecule has 0 bridgehead atoms. The zero-order chi connectivity index (χ0) is 13.0. The van der Waals surface area contributed by atoms with Crippen molar-refractivity contribution in [1.82, 2.24) is 0 Å². The predicted octanol–water partition coefficient (Wildman–Crippen LogP) is 2.16. The van der Waals surface area contributed by atoms with Crippen molar-refractivity contribution < 1.29 is 14.4 Å². The average molecular weight is 242 g/mol. The third-order valence-electron chi connectivity index (χ3n) is 2.38. The van der Waals surface area contributed by atoms with Gasteiger partial charge in [0, 0.05) is 18.3 Å². The molecule has 1 unspecified atom stereocenters. The van der Waals surface area contributed by atoms with Crippen molar-refractivity contribution in [3.05, 3.63) is 34.1 Å². The first-order valence-electron chi connectivity index (χ1n) is 5.27. The fraction of sp³-hybridized carbons (Fsp3) is 0.455. The first kappa shape index (κ1) is 13.4. The molecule has 94 valence electrons. The zero-order valence-corrected chi connectivity index (χ0v) is 9.68. The van der Waals surface area contributed by atoms with E-state index in [-0.39, 0.29) is 23.8 Å². The van der Waals surface area contributed by atoms with E-state index < -0.39 is 16.8 Å². The smallest absolute Gasteiger partial charge is 0.274 e. The second kappa shape index (κ2) is 5.58. The number of nitrogens with zero attached hydrogens (tertiary/aromatic N) is 1. The predicted molar refractivity (Wildman–Crippen MR) is 62.4 cm³/mol. The number of rotatable bonds is 5. The van der Waals surface area contributed by atoms with Crippen LogP contribution in [0.3, 0.4) is 0 Å². The lowest BCUT2D eigenvalue weighted by Gasteiger charge is -2.15. The van der Waals surface area contributed by atoms with Crippen molar-refractivity contribution in [2.75, 3.05) is 11.9 Å². The van der Waals surface area contributed by atoms with E-state index in [0.29, 0.717) is 0 Å². The summed E-state index contributed by atoms with van der Waals surface area (Å²) in [5, 5.41) is 22.8. The largest absolute Gasteiger partial charge is 0.391 e. The number of aliphatic hydroxyl groups excluding tert-OH is 1. The van der Waals surface area contributed by atoms with Gasteiger partial charge < -0.3 is 10.4 Å². The summed E-state index contributed by atoms with van der Waals surface area (Å²) >= 11 is 0. The maximum atomic E-state index is 13.1. The highest BCUT2D eigenvalue weighted by atomic mass is 19.1. The number of nitro benzene ring substituents is 1. The minimum absolute atomic E-state index is 0.0612. The molecule has 0 radical (unpaired) electrons. The normalized spacial score (nSPS) is 12.5. The number of hydrogen-bond donors (Lipinski definition) is 2. The highest BCUT2D eigenvalue weighted by molar-refractivity contribution is 5.51. The van der Waals surface area contributed by atoms with Crippen LogP contribution in [0.2, 0.25) is 0 Å². The molecule has 1 aromatic carbocycles. The van der Waals surface area contributed by atoms with E-state index in [0.717, 1.165) is 12.1 Å². The fourth-order valence-corrected chi connectivity index (χ4v) is 1.24. The van der Waals surface area contributed by atoms with Gasteiger partial charge in [-0.2, -0.15) is 0 Å². The standard InChI is InChI=1S/C11H15FN2O3/c1-7(2)11(15)6-13-9-3-8(12)4-10(5-9)14(16)17/h3-5,7,11,13,15H,6H2,1-2H3. The molecule has 0 saturated carbocycles. The van der Waals surface area contributed by atoms with E-state index in [2.05, 4.69) is 5.32 Å². The fourth-order valence-electron chi connectivity index (χ4n) is 1.24. The van der Waals surface area contributed by atoms with Crippen LogP contribution in [0.25, 0.3) is 0 Å². The molecule has 0 amide bonds. The molecule has 0 saturated heterocycles. The van der Waals surface area contributed by atoms with E-state index in [9.17, 15) is 19.6 Å². The van der Waals surface area contributed by atoms with Crippen LogP contribution in [0, 0.1) is 21.8 Å².